The zero-order valence-corrected chi connectivity index (χ0v) is 14.5. The van der Waals surface area contributed by atoms with Gasteiger partial charge in [0, 0.05) is 18.1 Å². The Bertz CT molecular complexity index is 601. The van der Waals surface area contributed by atoms with Crippen LogP contribution in [0.15, 0.2) is 12.1 Å². The van der Waals surface area contributed by atoms with Gasteiger partial charge >= 0.3 is 0 Å². The molecule has 126 valence electrons. The van der Waals surface area contributed by atoms with Gasteiger partial charge in [-0.15, -0.1) is 0 Å². The summed E-state index contributed by atoms with van der Waals surface area (Å²) in [6.07, 6.45) is 9.28. The first-order valence-corrected chi connectivity index (χ1v) is 8.86. The van der Waals surface area contributed by atoms with E-state index >= 15 is 0 Å². The molecule has 1 fully saturated rings. The van der Waals surface area contributed by atoms with E-state index in [0.717, 1.165) is 34.3 Å². The van der Waals surface area contributed by atoms with Crippen molar-refractivity contribution in [2.45, 2.75) is 57.8 Å². The quantitative estimate of drug-likeness (QED) is 0.811. The van der Waals surface area contributed by atoms with Crippen molar-refractivity contribution in [2.24, 2.45) is 5.92 Å². The number of ether oxygens (including phenoxy) is 2. The molecule has 0 saturated heterocycles. The molecule has 0 atom stereocenters. The number of methoxy groups -OCH3 is 2. The Morgan fingerprint density at radius 2 is 1.78 bits per heavy atom. The molecule has 2 aromatic rings. The van der Waals surface area contributed by atoms with Gasteiger partial charge in [-0.25, -0.2) is 4.98 Å². The normalized spacial score (nSPS) is 21.5. The standard InChI is InChI=1S/C19H28N2O2/c1-4-5-6-13-7-9-14(10-8-13)19-20-15-11-17(22-2)18(23-3)12-16(15)21-19/h11-14H,4-10H2,1-3H3,(H,20,21). The number of benzene rings is 1. The molecule has 1 aromatic heterocycles. The predicted molar refractivity (Wildman–Crippen MR) is 93.4 cm³/mol. The first-order valence-electron chi connectivity index (χ1n) is 8.86. The molecule has 23 heavy (non-hydrogen) atoms. The Morgan fingerprint density at radius 1 is 1.09 bits per heavy atom. The largest absolute Gasteiger partial charge is 0.493 e. The molecule has 1 saturated carbocycles. The van der Waals surface area contributed by atoms with Gasteiger partial charge in [0.05, 0.1) is 25.3 Å². The highest BCUT2D eigenvalue weighted by atomic mass is 16.5. The molecule has 0 aliphatic heterocycles. The summed E-state index contributed by atoms with van der Waals surface area (Å²) in [6, 6.07) is 3.94. The lowest BCUT2D eigenvalue weighted by Crippen LogP contribution is -2.14. The summed E-state index contributed by atoms with van der Waals surface area (Å²) in [5, 5.41) is 0. The molecule has 0 bridgehead atoms. The molecule has 0 unspecified atom stereocenters. The summed E-state index contributed by atoms with van der Waals surface area (Å²) < 4.78 is 10.7. The van der Waals surface area contributed by atoms with Gasteiger partial charge in [-0.3, -0.25) is 0 Å². The number of nitrogens with zero attached hydrogens (tertiary/aromatic N) is 1. The van der Waals surface area contributed by atoms with Crippen LogP contribution in [0.4, 0.5) is 0 Å². The van der Waals surface area contributed by atoms with Crippen LogP contribution in [0.2, 0.25) is 0 Å². The third kappa shape index (κ3) is 3.46. The Kier molecular flexibility index (Phi) is 5.09. The average Bonchev–Trinajstić information content (AvgIpc) is 3.01. The zero-order chi connectivity index (χ0) is 16.2. The van der Waals surface area contributed by atoms with Crippen molar-refractivity contribution in [2.75, 3.05) is 14.2 Å². The number of fused-ring (bicyclic) bond motifs is 1. The van der Waals surface area contributed by atoms with Gasteiger partial charge in [-0.2, -0.15) is 0 Å². The van der Waals surface area contributed by atoms with Crippen molar-refractivity contribution in [3.05, 3.63) is 18.0 Å². The number of hydrogen-bond acceptors (Lipinski definition) is 3. The average molecular weight is 316 g/mol. The summed E-state index contributed by atoms with van der Waals surface area (Å²) in [5.74, 6) is 4.11. The molecular formula is C19H28N2O2. The van der Waals surface area contributed by atoms with Crippen LogP contribution in [0, 0.1) is 5.92 Å². The second kappa shape index (κ2) is 7.24. The first-order chi connectivity index (χ1) is 11.2. The fourth-order valence-corrected chi connectivity index (χ4v) is 3.77. The van der Waals surface area contributed by atoms with Crippen molar-refractivity contribution < 1.29 is 9.47 Å². The van der Waals surface area contributed by atoms with Crippen molar-refractivity contribution in [3.8, 4) is 11.5 Å². The van der Waals surface area contributed by atoms with E-state index in [0.29, 0.717) is 5.92 Å². The molecule has 1 heterocycles. The van der Waals surface area contributed by atoms with Gasteiger partial charge in [0.1, 0.15) is 5.82 Å². The summed E-state index contributed by atoms with van der Waals surface area (Å²) in [4.78, 5) is 8.32. The van der Waals surface area contributed by atoms with Crippen molar-refractivity contribution in [3.63, 3.8) is 0 Å². The van der Waals surface area contributed by atoms with Crippen LogP contribution in [0.5, 0.6) is 11.5 Å². The summed E-state index contributed by atoms with van der Waals surface area (Å²) in [5.41, 5.74) is 2.00. The minimum Gasteiger partial charge on any atom is -0.493 e. The van der Waals surface area contributed by atoms with E-state index < -0.39 is 0 Å². The minimum absolute atomic E-state index is 0.567. The molecule has 0 radical (unpaired) electrons. The molecule has 1 aromatic carbocycles. The number of aromatic amines is 1. The summed E-state index contributed by atoms with van der Waals surface area (Å²) >= 11 is 0. The van der Waals surface area contributed by atoms with Crippen LogP contribution < -0.4 is 9.47 Å². The fourth-order valence-electron chi connectivity index (χ4n) is 3.77. The smallest absolute Gasteiger partial charge is 0.163 e. The monoisotopic (exact) mass is 316 g/mol. The van der Waals surface area contributed by atoms with E-state index in [4.69, 9.17) is 14.5 Å². The third-order valence-corrected chi connectivity index (χ3v) is 5.20. The second-order valence-electron chi connectivity index (χ2n) is 6.71. The highest BCUT2D eigenvalue weighted by molar-refractivity contribution is 5.79. The van der Waals surface area contributed by atoms with Crippen molar-refractivity contribution in [1.29, 1.82) is 0 Å². The van der Waals surface area contributed by atoms with E-state index in [-0.39, 0.29) is 0 Å². The predicted octanol–water partition coefficient (Wildman–Crippen LogP) is 5.04. The first kappa shape index (κ1) is 16.2. The van der Waals surface area contributed by atoms with Crippen LogP contribution in [0.1, 0.15) is 63.6 Å². The Labute approximate surface area is 138 Å². The Morgan fingerprint density at radius 3 is 2.43 bits per heavy atom. The molecule has 1 aliphatic carbocycles. The SMILES string of the molecule is CCCCC1CCC(c2nc3cc(OC)c(OC)cc3[nH]2)CC1. The van der Waals surface area contributed by atoms with E-state index in [9.17, 15) is 0 Å². The number of hydrogen-bond donors (Lipinski definition) is 1. The van der Waals surface area contributed by atoms with Crippen LogP contribution in [0.25, 0.3) is 11.0 Å². The molecule has 3 rings (SSSR count). The van der Waals surface area contributed by atoms with E-state index in [1.807, 2.05) is 12.1 Å². The minimum atomic E-state index is 0.567. The number of nitrogens with one attached hydrogen (secondary N) is 1. The maximum Gasteiger partial charge on any atom is 0.163 e. The lowest BCUT2D eigenvalue weighted by Gasteiger charge is -2.27. The van der Waals surface area contributed by atoms with Gasteiger partial charge in [-0.05, 0) is 31.6 Å². The van der Waals surface area contributed by atoms with Crippen LogP contribution in [-0.4, -0.2) is 24.2 Å². The van der Waals surface area contributed by atoms with Gasteiger partial charge in [0.2, 0.25) is 0 Å². The molecule has 1 aliphatic rings. The van der Waals surface area contributed by atoms with Gasteiger partial charge in [-0.1, -0.05) is 26.2 Å². The van der Waals surface area contributed by atoms with Crippen LogP contribution in [0.3, 0.4) is 0 Å². The van der Waals surface area contributed by atoms with Gasteiger partial charge in [0.15, 0.2) is 11.5 Å². The van der Waals surface area contributed by atoms with E-state index in [1.165, 1.54) is 44.9 Å². The molecule has 0 amide bonds. The molecule has 0 spiro atoms. The highest BCUT2D eigenvalue weighted by Gasteiger charge is 2.24. The maximum absolute atomic E-state index is 5.38. The van der Waals surface area contributed by atoms with Crippen molar-refractivity contribution in [1.82, 2.24) is 9.97 Å². The van der Waals surface area contributed by atoms with Crippen LogP contribution in [-0.2, 0) is 0 Å². The van der Waals surface area contributed by atoms with Crippen LogP contribution >= 0.6 is 0 Å². The third-order valence-electron chi connectivity index (χ3n) is 5.20. The number of rotatable bonds is 6. The van der Waals surface area contributed by atoms with E-state index in [2.05, 4.69) is 11.9 Å². The number of aromatic nitrogens is 2. The van der Waals surface area contributed by atoms with Gasteiger partial charge in [0.25, 0.3) is 0 Å². The Hall–Kier alpha value is -1.71. The number of H-pyrrole nitrogens is 1. The maximum atomic E-state index is 5.38. The highest BCUT2D eigenvalue weighted by Crippen LogP contribution is 2.38. The fraction of sp³-hybridized carbons (Fsp3) is 0.632. The molecule has 4 heteroatoms. The molecule has 4 nitrogen and oxygen atoms in total. The lowest BCUT2D eigenvalue weighted by molar-refractivity contribution is 0.299. The zero-order valence-electron chi connectivity index (χ0n) is 14.5. The number of unbranched alkanes of at least 4 members (excludes halogenated alkanes) is 1. The topological polar surface area (TPSA) is 47.1 Å². The molecule has 1 N–H and O–H groups in total. The Balaban J connectivity index is 1.74. The van der Waals surface area contributed by atoms with Gasteiger partial charge < -0.3 is 14.5 Å². The summed E-state index contributed by atoms with van der Waals surface area (Å²) in [7, 11) is 3.33. The number of imidazole rings is 1. The van der Waals surface area contributed by atoms with E-state index in [1.54, 1.807) is 14.2 Å². The second-order valence-corrected chi connectivity index (χ2v) is 6.71. The lowest BCUT2D eigenvalue weighted by atomic mass is 9.79. The van der Waals surface area contributed by atoms with Crippen molar-refractivity contribution >= 4 is 11.0 Å². The molecular weight excluding hydrogens is 288 g/mol. The summed E-state index contributed by atoms with van der Waals surface area (Å²) in [6.45, 7) is 2.28.